The van der Waals surface area contributed by atoms with Crippen LogP contribution in [0.5, 0.6) is 5.88 Å². The Morgan fingerprint density at radius 3 is 2.42 bits per heavy atom. The van der Waals surface area contributed by atoms with Crippen molar-refractivity contribution in [2.24, 2.45) is 10.2 Å². The van der Waals surface area contributed by atoms with E-state index >= 15 is 0 Å². The van der Waals surface area contributed by atoms with Crippen molar-refractivity contribution in [3.05, 3.63) is 51.3 Å². The summed E-state index contributed by atoms with van der Waals surface area (Å²) in [7, 11) is 0. The molecule has 0 fully saturated rings. The number of hydrogen-bond donors (Lipinski definition) is 1. The molecule has 1 aromatic carbocycles. The third-order valence-corrected chi connectivity index (χ3v) is 3.83. The fourth-order valence-corrected chi connectivity index (χ4v) is 2.39. The summed E-state index contributed by atoms with van der Waals surface area (Å²) >= 11 is 0. The molecule has 0 unspecified atom stereocenters. The highest BCUT2D eigenvalue weighted by atomic mass is 16.3. The maximum absolute atomic E-state index is 12.5. The van der Waals surface area contributed by atoms with E-state index in [9.17, 15) is 15.2 Å². The van der Waals surface area contributed by atoms with Crippen LogP contribution in [-0.4, -0.2) is 9.67 Å². The first-order valence-electron chi connectivity index (χ1n) is 7.90. The third-order valence-electron chi connectivity index (χ3n) is 3.83. The quantitative estimate of drug-likeness (QED) is 0.839. The van der Waals surface area contributed by atoms with Crippen LogP contribution < -0.4 is 5.56 Å². The van der Waals surface area contributed by atoms with Crippen LogP contribution in [0.2, 0.25) is 0 Å². The van der Waals surface area contributed by atoms with E-state index in [0.717, 1.165) is 6.42 Å². The van der Waals surface area contributed by atoms with Gasteiger partial charge in [0.2, 0.25) is 5.88 Å². The zero-order valence-electron chi connectivity index (χ0n) is 14.1. The Morgan fingerprint density at radius 2 is 1.88 bits per heavy atom. The molecule has 0 aliphatic rings. The number of nitrogens with zero attached hydrogens (tertiary/aromatic N) is 4. The van der Waals surface area contributed by atoms with Gasteiger partial charge in [0.25, 0.3) is 5.56 Å². The van der Waals surface area contributed by atoms with Gasteiger partial charge in [-0.05, 0) is 37.5 Å². The van der Waals surface area contributed by atoms with Gasteiger partial charge in [-0.2, -0.15) is 10.4 Å². The summed E-state index contributed by atoms with van der Waals surface area (Å²) in [5.41, 5.74) is 1.84. The van der Waals surface area contributed by atoms with Gasteiger partial charge in [0.15, 0.2) is 5.69 Å². The van der Waals surface area contributed by atoms with Gasteiger partial charge in [-0.15, -0.1) is 5.11 Å². The fourth-order valence-electron chi connectivity index (χ4n) is 2.39. The third kappa shape index (κ3) is 3.35. The minimum atomic E-state index is -0.445. The van der Waals surface area contributed by atoms with Crippen molar-refractivity contribution in [1.29, 1.82) is 5.26 Å². The summed E-state index contributed by atoms with van der Waals surface area (Å²) in [6, 6.07) is 9.49. The lowest BCUT2D eigenvalue weighted by molar-refractivity contribution is 0.402. The predicted molar refractivity (Wildman–Crippen MR) is 92.1 cm³/mol. The van der Waals surface area contributed by atoms with Crippen LogP contribution in [0, 0.1) is 18.3 Å². The number of pyridine rings is 1. The van der Waals surface area contributed by atoms with Crippen molar-refractivity contribution >= 4 is 11.4 Å². The van der Waals surface area contributed by atoms with E-state index < -0.39 is 5.56 Å². The van der Waals surface area contributed by atoms with Crippen LogP contribution >= 0.6 is 0 Å². The van der Waals surface area contributed by atoms with Crippen molar-refractivity contribution in [2.45, 2.75) is 40.2 Å². The van der Waals surface area contributed by atoms with Gasteiger partial charge >= 0.3 is 0 Å². The summed E-state index contributed by atoms with van der Waals surface area (Å²) < 4.78 is 1.17. The molecule has 0 atom stereocenters. The van der Waals surface area contributed by atoms with Crippen molar-refractivity contribution in [2.75, 3.05) is 0 Å². The first-order chi connectivity index (χ1) is 11.5. The maximum atomic E-state index is 12.5. The molecule has 24 heavy (non-hydrogen) atoms. The minimum Gasteiger partial charge on any atom is -0.493 e. The van der Waals surface area contributed by atoms with E-state index in [0.29, 0.717) is 24.2 Å². The molecule has 124 valence electrons. The Balaban J connectivity index is 2.52. The Hall–Kier alpha value is -2.94. The molecule has 0 saturated heterocycles. The SMILES string of the molecule is CCCn1c(O)c(C#N)c(C)c(N=Nc2ccc(CC)cc2)c1=O. The second kappa shape index (κ2) is 7.55. The molecule has 0 saturated carbocycles. The number of aryl methyl sites for hydroxylation is 1. The molecule has 6 heteroatoms. The molecule has 0 aliphatic heterocycles. The molecule has 0 aliphatic carbocycles. The van der Waals surface area contributed by atoms with E-state index in [4.69, 9.17) is 0 Å². The summed E-state index contributed by atoms with van der Waals surface area (Å²) in [5.74, 6) is -0.312. The van der Waals surface area contributed by atoms with Crippen LogP contribution in [0.3, 0.4) is 0 Å². The first-order valence-corrected chi connectivity index (χ1v) is 7.90. The lowest BCUT2D eigenvalue weighted by Crippen LogP contribution is -2.21. The Morgan fingerprint density at radius 1 is 1.21 bits per heavy atom. The van der Waals surface area contributed by atoms with Crippen LogP contribution in [-0.2, 0) is 13.0 Å². The predicted octanol–water partition coefficient (Wildman–Crippen LogP) is 4.12. The lowest BCUT2D eigenvalue weighted by atomic mass is 10.1. The second-order valence-electron chi connectivity index (χ2n) is 5.46. The minimum absolute atomic E-state index is 0.0540. The normalized spacial score (nSPS) is 10.9. The second-order valence-corrected chi connectivity index (χ2v) is 5.46. The number of rotatable bonds is 5. The zero-order chi connectivity index (χ0) is 17.7. The van der Waals surface area contributed by atoms with Crippen molar-refractivity contribution < 1.29 is 5.11 Å². The van der Waals surface area contributed by atoms with Crippen LogP contribution in [0.25, 0.3) is 0 Å². The summed E-state index contributed by atoms with van der Waals surface area (Å²) in [6.07, 6.45) is 1.58. The van der Waals surface area contributed by atoms with Crippen molar-refractivity contribution in [3.63, 3.8) is 0 Å². The van der Waals surface area contributed by atoms with Crippen molar-refractivity contribution in [3.8, 4) is 11.9 Å². The monoisotopic (exact) mass is 324 g/mol. The van der Waals surface area contributed by atoms with Gasteiger partial charge in [-0.1, -0.05) is 26.0 Å². The van der Waals surface area contributed by atoms with Gasteiger partial charge in [0.05, 0.1) is 5.69 Å². The number of hydrogen-bond acceptors (Lipinski definition) is 5. The number of aromatic hydroxyl groups is 1. The average molecular weight is 324 g/mol. The van der Waals surface area contributed by atoms with Crippen LogP contribution in [0.4, 0.5) is 11.4 Å². The summed E-state index contributed by atoms with van der Waals surface area (Å²) in [5, 5.41) is 27.5. The Kier molecular flexibility index (Phi) is 5.48. The van der Waals surface area contributed by atoms with Gasteiger partial charge in [-0.25, -0.2) is 0 Å². The highest BCUT2D eigenvalue weighted by Crippen LogP contribution is 2.27. The summed E-state index contributed by atoms with van der Waals surface area (Å²) in [6.45, 7) is 5.85. The molecule has 0 amide bonds. The number of nitriles is 1. The molecule has 2 aromatic rings. The maximum Gasteiger partial charge on any atom is 0.281 e. The van der Waals surface area contributed by atoms with E-state index in [-0.39, 0.29) is 17.1 Å². The first kappa shape index (κ1) is 17.4. The largest absolute Gasteiger partial charge is 0.493 e. The van der Waals surface area contributed by atoms with Gasteiger partial charge in [0, 0.05) is 12.1 Å². The highest BCUT2D eigenvalue weighted by Gasteiger charge is 2.18. The number of aromatic nitrogens is 1. The Bertz CT molecular complexity index is 859. The summed E-state index contributed by atoms with van der Waals surface area (Å²) in [4.78, 5) is 12.5. The molecular formula is C18H20N4O2. The Labute approximate surface area is 140 Å². The molecule has 0 radical (unpaired) electrons. The molecule has 1 N–H and O–H groups in total. The van der Waals surface area contributed by atoms with Crippen LogP contribution in [0.15, 0.2) is 39.3 Å². The fraction of sp³-hybridized carbons (Fsp3) is 0.333. The van der Waals surface area contributed by atoms with E-state index in [1.165, 1.54) is 10.1 Å². The van der Waals surface area contributed by atoms with E-state index in [2.05, 4.69) is 17.2 Å². The van der Waals surface area contributed by atoms with Gasteiger partial charge in [0.1, 0.15) is 11.6 Å². The van der Waals surface area contributed by atoms with E-state index in [1.807, 2.05) is 37.3 Å². The molecular weight excluding hydrogens is 304 g/mol. The van der Waals surface area contributed by atoms with Gasteiger partial charge < -0.3 is 5.11 Å². The van der Waals surface area contributed by atoms with Crippen LogP contribution in [0.1, 0.15) is 37.0 Å². The lowest BCUT2D eigenvalue weighted by Gasteiger charge is -2.11. The topological polar surface area (TPSA) is 90.7 Å². The molecule has 0 bridgehead atoms. The van der Waals surface area contributed by atoms with E-state index in [1.54, 1.807) is 6.92 Å². The smallest absolute Gasteiger partial charge is 0.281 e. The average Bonchev–Trinajstić information content (AvgIpc) is 2.59. The van der Waals surface area contributed by atoms with Gasteiger partial charge in [-0.3, -0.25) is 9.36 Å². The molecule has 6 nitrogen and oxygen atoms in total. The standard InChI is InChI=1S/C18H20N4O2/c1-4-10-22-17(23)15(11-19)12(3)16(18(22)24)21-20-14-8-6-13(5-2)7-9-14/h6-9,23H,4-5,10H2,1-3H3. The zero-order valence-corrected chi connectivity index (χ0v) is 14.1. The number of azo groups is 1. The molecule has 1 heterocycles. The molecule has 2 rings (SSSR count). The van der Waals surface area contributed by atoms with Crippen molar-refractivity contribution in [1.82, 2.24) is 4.57 Å². The highest BCUT2D eigenvalue weighted by molar-refractivity contribution is 5.56. The molecule has 0 spiro atoms. The number of benzene rings is 1. The molecule has 1 aromatic heterocycles.